The van der Waals surface area contributed by atoms with Crippen LogP contribution < -0.4 is 5.73 Å². The highest BCUT2D eigenvalue weighted by atomic mass is 16.3. The zero-order valence-electron chi connectivity index (χ0n) is 15.4. The molecule has 1 heterocycles. The van der Waals surface area contributed by atoms with Crippen molar-refractivity contribution in [3.8, 4) is 0 Å². The van der Waals surface area contributed by atoms with Crippen LogP contribution >= 0.6 is 0 Å². The lowest BCUT2D eigenvalue weighted by atomic mass is 10.0. The van der Waals surface area contributed by atoms with Crippen LogP contribution in [0.2, 0.25) is 0 Å². The third kappa shape index (κ3) is 2.78. The molecule has 4 nitrogen and oxygen atoms in total. The Kier molecular flexibility index (Phi) is 4.21. The van der Waals surface area contributed by atoms with E-state index in [2.05, 4.69) is 42.7 Å². The first-order valence-electron chi connectivity index (χ1n) is 8.92. The number of aliphatic hydroxyl groups excluding tert-OH is 1. The summed E-state index contributed by atoms with van der Waals surface area (Å²) in [4.78, 5) is 12.0. The first-order valence-corrected chi connectivity index (χ1v) is 8.92. The Morgan fingerprint density at radius 1 is 1.11 bits per heavy atom. The maximum atomic E-state index is 12.0. The molecule has 3 aromatic carbocycles. The van der Waals surface area contributed by atoms with E-state index in [4.69, 9.17) is 5.73 Å². The van der Waals surface area contributed by atoms with Crippen molar-refractivity contribution in [2.45, 2.75) is 27.0 Å². The van der Waals surface area contributed by atoms with Gasteiger partial charge < -0.3 is 15.4 Å². The summed E-state index contributed by atoms with van der Waals surface area (Å²) in [6.07, 6.45) is 0. The Hall–Kier alpha value is -3.11. The third-order valence-corrected chi connectivity index (χ3v) is 5.26. The molecule has 0 aliphatic heterocycles. The zero-order chi connectivity index (χ0) is 19.1. The number of amides is 1. The highest BCUT2D eigenvalue weighted by Gasteiger charge is 2.18. The van der Waals surface area contributed by atoms with Crippen LogP contribution in [0.3, 0.4) is 0 Å². The minimum absolute atomic E-state index is 0.0555. The lowest BCUT2D eigenvalue weighted by molar-refractivity contribution is 0.100. The van der Waals surface area contributed by atoms with Gasteiger partial charge in [-0.15, -0.1) is 0 Å². The second kappa shape index (κ2) is 6.56. The highest BCUT2D eigenvalue weighted by molar-refractivity contribution is 6.17. The molecule has 0 saturated carbocycles. The predicted molar refractivity (Wildman–Crippen MR) is 108 cm³/mol. The molecule has 0 bridgehead atoms. The lowest BCUT2D eigenvalue weighted by Gasteiger charge is -2.13. The maximum Gasteiger partial charge on any atom is 0.249 e. The van der Waals surface area contributed by atoms with E-state index in [1.165, 1.54) is 16.7 Å². The average Bonchev–Trinajstić information content (AvgIpc) is 2.97. The van der Waals surface area contributed by atoms with E-state index in [-0.39, 0.29) is 6.61 Å². The Labute approximate surface area is 157 Å². The van der Waals surface area contributed by atoms with E-state index < -0.39 is 5.91 Å². The van der Waals surface area contributed by atoms with Crippen LogP contribution in [0, 0.1) is 19.9 Å². The molecule has 135 valence electrons. The topological polar surface area (TPSA) is 68.2 Å². The molecular formula is C23H21N2O2. The van der Waals surface area contributed by atoms with Crippen molar-refractivity contribution in [1.29, 1.82) is 0 Å². The molecule has 4 rings (SSSR count). The molecule has 0 spiro atoms. The van der Waals surface area contributed by atoms with Gasteiger partial charge in [0.15, 0.2) is 0 Å². The Morgan fingerprint density at radius 3 is 2.48 bits per heavy atom. The Bertz CT molecular complexity index is 1170. The Morgan fingerprint density at radius 2 is 1.81 bits per heavy atom. The molecule has 4 aromatic rings. The van der Waals surface area contributed by atoms with Crippen molar-refractivity contribution < 1.29 is 9.90 Å². The summed E-state index contributed by atoms with van der Waals surface area (Å²) < 4.78 is 2.18. The molecule has 0 unspecified atom stereocenters. The molecular weight excluding hydrogens is 336 g/mol. The van der Waals surface area contributed by atoms with Crippen molar-refractivity contribution in [2.24, 2.45) is 5.73 Å². The van der Waals surface area contributed by atoms with Gasteiger partial charge in [-0.2, -0.15) is 0 Å². The van der Waals surface area contributed by atoms with Crippen LogP contribution in [-0.4, -0.2) is 15.6 Å². The number of fused-ring (bicyclic) bond motifs is 3. The van der Waals surface area contributed by atoms with Crippen molar-refractivity contribution in [1.82, 2.24) is 4.57 Å². The van der Waals surface area contributed by atoms with Crippen LogP contribution in [0.15, 0.2) is 48.5 Å². The summed E-state index contributed by atoms with van der Waals surface area (Å²) >= 11 is 0. The number of aromatic nitrogens is 1. The van der Waals surface area contributed by atoms with Crippen LogP contribution in [0.4, 0.5) is 0 Å². The van der Waals surface area contributed by atoms with Crippen LogP contribution in [-0.2, 0) is 13.2 Å². The third-order valence-electron chi connectivity index (χ3n) is 5.26. The largest absolute Gasteiger partial charge is 0.392 e. The molecule has 1 amide bonds. The lowest BCUT2D eigenvalue weighted by Crippen LogP contribution is -2.11. The Balaban J connectivity index is 2.08. The molecule has 0 fully saturated rings. The first kappa shape index (κ1) is 17.3. The van der Waals surface area contributed by atoms with Gasteiger partial charge in [0.2, 0.25) is 5.91 Å². The fraction of sp³-hybridized carbons (Fsp3) is 0.174. The summed E-state index contributed by atoms with van der Waals surface area (Å²) in [7, 11) is 0. The summed E-state index contributed by atoms with van der Waals surface area (Å²) in [5, 5.41) is 11.2. The number of rotatable bonds is 4. The van der Waals surface area contributed by atoms with Gasteiger partial charge in [-0.25, -0.2) is 0 Å². The number of hydrogen-bond acceptors (Lipinski definition) is 2. The summed E-state index contributed by atoms with van der Waals surface area (Å²) in [5.74, 6) is -0.452. The van der Waals surface area contributed by atoms with Gasteiger partial charge in [-0.3, -0.25) is 4.79 Å². The SMILES string of the molecule is Cc1cccc(C)c1Cn1c2cc(CO)c[c]c2c2c(C(N)=O)cccc21. The molecule has 4 heteroatoms. The predicted octanol–water partition coefficient (Wildman–Crippen LogP) is 3.85. The molecule has 0 aliphatic rings. The second-order valence-corrected chi connectivity index (χ2v) is 6.95. The van der Waals surface area contributed by atoms with Gasteiger partial charge in [-0.1, -0.05) is 24.3 Å². The number of carbonyl (C=O) groups is 1. The molecule has 1 aromatic heterocycles. The molecule has 27 heavy (non-hydrogen) atoms. The zero-order valence-corrected chi connectivity index (χ0v) is 15.4. The highest BCUT2D eigenvalue weighted by Crippen LogP contribution is 2.33. The van der Waals surface area contributed by atoms with Gasteiger partial charge in [0.05, 0.1) is 17.6 Å². The second-order valence-electron chi connectivity index (χ2n) is 6.95. The normalized spacial score (nSPS) is 11.4. The van der Waals surface area contributed by atoms with Crippen LogP contribution in [0.5, 0.6) is 0 Å². The number of primary amides is 1. The average molecular weight is 357 g/mol. The molecule has 1 radical (unpaired) electrons. The molecule has 0 atom stereocenters. The number of hydrogen-bond donors (Lipinski definition) is 2. The molecule has 0 aliphatic carbocycles. The fourth-order valence-electron chi connectivity index (χ4n) is 3.82. The van der Waals surface area contributed by atoms with Gasteiger partial charge in [0, 0.05) is 22.9 Å². The fourth-order valence-corrected chi connectivity index (χ4v) is 3.82. The van der Waals surface area contributed by atoms with Gasteiger partial charge >= 0.3 is 0 Å². The van der Waals surface area contributed by atoms with Crippen molar-refractivity contribution in [3.63, 3.8) is 0 Å². The quantitative estimate of drug-likeness (QED) is 0.582. The van der Waals surface area contributed by atoms with E-state index in [1.54, 1.807) is 12.1 Å². The summed E-state index contributed by atoms with van der Waals surface area (Å²) in [6, 6.07) is 18.9. The minimum Gasteiger partial charge on any atom is -0.392 e. The van der Waals surface area contributed by atoms with Crippen molar-refractivity contribution in [2.75, 3.05) is 0 Å². The van der Waals surface area contributed by atoms with Crippen LogP contribution in [0.1, 0.15) is 32.6 Å². The number of carbonyl (C=O) groups excluding carboxylic acids is 1. The van der Waals surface area contributed by atoms with Gasteiger partial charge in [0.25, 0.3) is 0 Å². The van der Waals surface area contributed by atoms with Crippen molar-refractivity contribution in [3.05, 3.63) is 82.4 Å². The van der Waals surface area contributed by atoms with Crippen LogP contribution in [0.25, 0.3) is 21.8 Å². The summed E-state index contributed by atoms with van der Waals surface area (Å²) in [6.45, 7) is 4.83. The van der Waals surface area contributed by atoms with E-state index in [0.29, 0.717) is 12.1 Å². The number of benzene rings is 3. The smallest absolute Gasteiger partial charge is 0.249 e. The summed E-state index contributed by atoms with van der Waals surface area (Å²) in [5.41, 5.74) is 12.5. The standard InChI is InChI=1S/C23H21N2O2/c1-14-5-3-6-15(2)19(14)12-25-20-8-4-7-18(23(24)27)22(20)17-10-9-16(13-26)11-21(17)25/h3-9,11,26H,12-13H2,1-2H3,(H2,24,27). The van der Waals surface area contributed by atoms with E-state index in [9.17, 15) is 9.90 Å². The number of aliphatic hydroxyl groups is 1. The number of nitrogens with two attached hydrogens (primary N) is 1. The maximum absolute atomic E-state index is 12.0. The van der Waals surface area contributed by atoms with E-state index in [1.807, 2.05) is 18.2 Å². The number of aryl methyl sites for hydroxylation is 2. The monoisotopic (exact) mass is 357 g/mol. The number of nitrogens with zero attached hydrogens (tertiary/aromatic N) is 1. The van der Waals surface area contributed by atoms with Crippen molar-refractivity contribution >= 4 is 27.7 Å². The first-order chi connectivity index (χ1) is 13.0. The molecule has 3 N–H and O–H groups in total. The van der Waals surface area contributed by atoms with E-state index in [0.717, 1.165) is 27.4 Å². The molecule has 0 saturated heterocycles. The van der Waals surface area contributed by atoms with Gasteiger partial charge in [-0.05, 0) is 66.4 Å². The van der Waals surface area contributed by atoms with E-state index >= 15 is 0 Å². The minimum atomic E-state index is -0.452. The van der Waals surface area contributed by atoms with Gasteiger partial charge in [0.1, 0.15) is 0 Å².